The minimum absolute atomic E-state index is 0.0342. The van der Waals surface area contributed by atoms with Crippen LogP contribution in [0.25, 0.3) is 0 Å². The maximum atomic E-state index is 11.9. The second-order valence-corrected chi connectivity index (χ2v) is 4.55. The van der Waals surface area contributed by atoms with Crippen LogP contribution in [0.4, 0.5) is 4.79 Å². The molecule has 0 radical (unpaired) electrons. The Morgan fingerprint density at radius 1 is 1.33 bits per heavy atom. The van der Waals surface area contributed by atoms with Crippen LogP contribution < -0.4 is 5.32 Å². The molecule has 0 aromatic rings. The summed E-state index contributed by atoms with van der Waals surface area (Å²) in [6, 6.07) is -0.649. The molecule has 18 heavy (non-hydrogen) atoms. The van der Waals surface area contributed by atoms with E-state index in [1.807, 2.05) is 20.8 Å². The Bertz CT molecular complexity index is 269. The van der Waals surface area contributed by atoms with Gasteiger partial charge in [-0.3, -0.25) is 4.79 Å². The Morgan fingerprint density at radius 2 is 1.94 bits per heavy atom. The monoisotopic (exact) mass is 260 g/mol. The van der Waals surface area contributed by atoms with E-state index in [-0.39, 0.29) is 31.0 Å². The third kappa shape index (κ3) is 6.44. The summed E-state index contributed by atoms with van der Waals surface area (Å²) in [5, 5.41) is 20.3. The average Bonchev–Trinajstić information content (AvgIpc) is 2.28. The molecular weight excluding hydrogens is 236 g/mol. The topological polar surface area (TPSA) is 89.9 Å². The molecule has 0 aliphatic rings. The van der Waals surface area contributed by atoms with Gasteiger partial charge in [-0.1, -0.05) is 13.8 Å². The predicted octanol–water partition coefficient (Wildman–Crippen LogP) is 0.900. The third-order valence-corrected chi connectivity index (χ3v) is 2.76. The number of aliphatic hydroxyl groups is 1. The zero-order valence-corrected chi connectivity index (χ0v) is 11.3. The van der Waals surface area contributed by atoms with Gasteiger partial charge in [-0.25, -0.2) is 4.79 Å². The van der Waals surface area contributed by atoms with Gasteiger partial charge in [0, 0.05) is 25.7 Å². The molecule has 3 N–H and O–H groups in total. The fourth-order valence-corrected chi connectivity index (χ4v) is 1.56. The number of hydrogen-bond acceptors (Lipinski definition) is 3. The van der Waals surface area contributed by atoms with E-state index in [0.717, 1.165) is 0 Å². The second kappa shape index (κ2) is 8.74. The van der Waals surface area contributed by atoms with Crippen molar-refractivity contribution in [2.45, 2.75) is 39.7 Å². The maximum absolute atomic E-state index is 11.9. The quantitative estimate of drug-likeness (QED) is 0.605. The van der Waals surface area contributed by atoms with Gasteiger partial charge in [0.25, 0.3) is 0 Å². The zero-order chi connectivity index (χ0) is 14.1. The highest BCUT2D eigenvalue weighted by Crippen LogP contribution is 2.07. The molecule has 6 heteroatoms. The van der Waals surface area contributed by atoms with Crippen LogP contribution in [0.15, 0.2) is 0 Å². The largest absolute Gasteiger partial charge is 0.481 e. The number of urea groups is 1. The van der Waals surface area contributed by atoms with Crippen molar-refractivity contribution in [1.82, 2.24) is 10.2 Å². The molecule has 2 amide bonds. The van der Waals surface area contributed by atoms with Gasteiger partial charge >= 0.3 is 12.0 Å². The van der Waals surface area contributed by atoms with Gasteiger partial charge in [-0.15, -0.1) is 0 Å². The smallest absolute Gasteiger partial charge is 0.317 e. The standard InChI is InChI=1S/C12H24N2O4/c1-4-14(6-5-7-15)12(18)13-10(9(2)3)8-11(16)17/h9-10,15H,4-8H2,1-3H3,(H,13,18)(H,16,17). The number of aliphatic hydroxyl groups excluding tert-OH is 1. The van der Waals surface area contributed by atoms with E-state index in [9.17, 15) is 9.59 Å². The summed E-state index contributed by atoms with van der Waals surface area (Å²) >= 11 is 0. The third-order valence-electron chi connectivity index (χ3n) is 2.76. The number of carbonyl (C=O) groups is 2. The summed E-state index contributed by atoms with van der Waals surface area (Å²) in [6.07, 6.45) is 0.438. The van der Waals surface area contributed by atoms with E-state index in [1.54, 1.807) is 4.90 Å². The number of nitrogens with zero attached hydrogens (tertiary/aromatic N) is 1. The number of nitrogens with one attached hydrogen (secondary N) is 1. The lowest BCUT2D eigenvalue weighted by Crippen LogP contribution is -2.47. The number of carboxylic acid groups (broad SMARTS) is 1. The molecule has 1 atom stereocenters. The lowest BCUT2D eigenvalue weighted by atomic mass is 10.0. The predicted molar refractivity (Wildman–Crippen MR) is 68.4 cm³/mol. The fraction of sp³-hybridized carbons (Fsp3) is 0.833. The number of aliphatic carboxylic acids is 1. The minimum atomic E-state index is -0.924. The molecule has 0 aliphatic carbocycles. The molecule has 0 rings (SSSR count). The Kier molecular flexibility index (Phi) is 8.11. The molecule has 0 fully saturated rings. The highest BCUT2D eigenvalue weighted by Gasteiger charge is 2.21. The van der Waals surface area contributed by atoms with Crippen molar-refractivity contribution in [2.75, 3.05) is 19.7 Å². The summed E-state index contributed by atoms with van der Waals surface area (Å²) in [4.78, 5) is 24.2. The van der Waals surface area contributed by atoms with E-state index in [1.165, 1.54) is 0 Å². The molecule has 0 aromatic heterocycles. The van der Waals surface area contributed by atoms with Gasteiger partial charge in [0.15, 0.2) is 0 Å². The lowest BCUT2D eigenvalue weighted by molar-refractivity contribution is -0.137. The Hall–Kier alpha value is -1.30. The fourth-order valence-electron chi connectivity index (χ4n) is 1.56. The zero-order valence-electron chi connectivity index (χ0n) is 11.3. The molecule has 0 saturated carbocycles. The first-order chi connectivity index (χ1) is 8.42. The summed E-state index contributed by atoms with van der Waals surface area (Å²) in [6.45, 7) is 6.63. The summed E-state index contributed by atoms with van der Waals surface area (Å²) in [7, 11) is 0. The molecule has 0 bridgehead atoms. The molecule has 1 unspecified atom stereocenters. The normalized spacial score (nSPS) is 12.3. The van der Waals surface area contributed by atoms with Crippen molar-refractivity contribution >= 4 is 12.0 Å². The van der Waals surface area contributed by atoms with Crippen LogP contribution in [0.2, 0.25) is 0 Å². The molecule has 0 heterocycles. The lowest BCUT2D eigenvalue weighted by Gasteiger charge is -2.26. The van der Waals surface area contributed by atoms with Gasteiger partial charge < -0.3 is 20.4 Å². The van der Waals surface area contributed by atoms with E-state index >= 15 is 0 Å². The molecule has 0 aromatic carbocycles. The first-order valence-corrected chi connectivity index (χ1v) is 6.30. The molecule has 106 valence electrons. The Labute approximate surface area is 108 Å². The number of rotatable bonds is 8. The van der Waals surface area contributed by atoms with Gasteiger partial charge in [0.2, 0.25) is 0 Å². The molecule has 0 spiro atoms. The van der Waals surface area contributed by atoms with Gasteiger partial charge in [0.05, 0.1) is 6.42 Å². The molecule has 0 aliphatic heterocycles. The molecular formula is C12H24N2O4. The van der Waals surface area contributed by atoms with Crippen LogP contribution >= 0.6 is 0 Å². The van der Waals surface area contributed by atoms with Crippen LogP contribution in [0.5, 0.6) is 0 Å². The Morgan fingerprint density at radius 3 is 2.33 bits per heavy atom. The number of amides is 2. The minimum Gasteiger partial charge on any atom is -0.481 e. The number of hydrogen-bond donors (Lipinski definition) is 3. The molecule has 0 saturated heterocycles. The van der Waals surface area contributed by atoms with Gasteiger partial charge in [0.1, 0.15) is 0 Å². The van der Waals surface area contributed by atoms with Crippen molar-refractivity contribution in [3.63, 3.8) is 0 Å². The van der Waals surface area contributed by atoms with Gasteiger partial charge in [-0.05, 0) is 19.3 Å². The van der Waals surface area contributed by atoms with Crippen molar-refractivity contribution in [3.05, 3.63) is 0 Å². The SMILES string of the molecule is CCN(CCCO)C(=O)NC(CC(=O)O)C(C)C. The van der Waals surface area contributed by atoms with E-state index in [4.69, 9.17) is 10.2 Å². The average molecular weight is 260 g/mol. The summed E-state index contributed by atoms with van der Waals surface area (Å²) < 4.78 is 0. The molecule has 6 nitrogen and oxygen atoms in total. The summed E-state index contributed by atoms with van der Waals surface area (Å²) in [5.74, 6) is -0.867. The van der Waals surface area contributed by atoms with E-state index in [0.29, 0.717) is 19.5 Å². The van der Waals surface area contributed by atoms with Crippen molar-refractivity contribution in [1.29, 1.82) is 0 Å². The van der Waals surface area contributed by atoms with Crippen LogP contribution in [0, 0.1) is 5.92 Å². The highest BCUT2D eigenvalue weighted by atomic mass is 16.4. The number of carbonyl (C=O) groups excluding carboxylic acids is 1. The maximum Gasteiger partial charge on any atom is 0.317 e. The van der Waals surface area contributed by atoms with Crippen LogP contribution in [-0.4, -0.2) is 52.9 Å². The van der Waals surface area contributed by atoms with Crippen molar-refractivity contribution in [3.8, 4) is 0 Å². The van der Waals surface area contributed by atoms with E-state index < -0.39 is 5.97 Å². The van der Waals surface area contributed by atoms with Crippen molar-refractivity contribution < 1.29 is 19.8 Å². The van der Waals surface area contributed by atoms with E-state index in [2.05, 4.69) is 5.32 Å². The Balaban J connectivity index is 4.41. The van der Waals surface area contributed by atoms with Crippen LogP contribution in [-0.2, 0) is 4.79 Å². The van der Waals surface area contributed by atoms with Crippen molar-refractivity contribution in [2.24, 2.45) is 5.92 Å². The van der Waals surface area contributed by atoms with Crippen LogP contribution in [0.1, 0.15) is 33.6 Å². The number of carboxylic acids is 1. The van der Waals surface area contributed by atoms with Gasteiger partial charge in [-0.2, -0.15) is 0 Å². The van der Waals surface area contributed by atoms with Crippen LogP contribution in [0.3, 0.4) is 0 Å². The summed E-state index contributed by atoms with van der Waals surface area (Å²) in [5.41, 5.74) is 0. The first-order valence-electron chi connectivity index (χ1n) is 6.30. The highest BCUT2D eigenvalue weighted by molar-refractivity contribution is 5.76. The second-order valence-electron chi connectivity index (χ2n) is 4.55. The first kappa shape index (κ1) is 16.7.